The average molecular weight is 383 g/mol. The van der Waals surface area contributed by atoms with Crippen LogP contribution in [-0.4, -0.2) is 56.1 Å². The normalized spacial score (nSPS) is 15.1. The zero-order chi connectivity index (χ0) is 19.8. The Morgan fingerprint density at radius 3 is 2.43 bits per heavy atom. The smallest absolute Gasteiger partial charge is 0.222 e. The van der Waals surface area contributed by atoms with E-state index in [9.17, 15) is 4.79 Å². The van der Waals surface area contributed by atoms with E-state index in [1.165, 1.54) is 5.56 Å². The van der Waals surface area contributed by atoms with Crippen LogP contribution in [0.5, 0.6) is 11.5 Å². The van der Waals surface area contributed by atoms with E-state index in [1.807, 2.05) is 29.2 Å². The van der Waals surface area contributed by atoms with Gasteiger partial charge in [0.25, 0.3) is 0 Å². The van der Waals surface area contributed by atoms with Gasteiger partial charge in [0.2, 0.25) is 5.91 Å². The minimum atomic E-state index is 0.233. The number of aryl methyl sites for hydroxylation is 1. The summed E-state index contributed by atoms with van der Waals surface area (Å²) in [5.74, 6) is 1.65. The molecule has 28 heavy (non-hydrogen) atoms. The summed E-state index contributed by atoms with van der Waals surface area (Å²) in [5.41, 5.74) is 2.42. The maximum atomic E-state index is 12.7. The fraction of sp³-hybridized carbons (Fsp3) is 0.435. The zero-order valence-electron chi connectivity index (χ0n) is 16.9. The number of hydrogen-bond acceptors (Lipinski definition) is 4. The van der Waals surface area contributed by atoms with Gasteiger partial charge in [0.15, 0.2) is 11.5 Å². The van der Waals surface area contributed by atoms with Crippen molar-refractivity contribution in [1.82, 2.24) is 9.80 Å². The van der Waals surface area contributed by atoms with Crippen molar-refractivity contribution in [2.75, 3.05) is 40.4 Å². The highest BCUT2D eigenvalue weighted by Crippen LogP contribution is 2.28. The van der Waals surface area contributed by atoms with Gasteiger partial charge in [0.05, 0.1) is 14.2 Å². The molecule has 150 valence electrons. The molecule has 3 rings (SSSR count). The largest absolute Gasteiger partial charge is 0.493 e. The lowest BCUT2D eigenvalue weighted by atomic mass is 10.1. The Bertz CT molecular complexity index is 764. The number of carbonyl (C=O) groups is 1. The molecular formula is C23H30N2O3. The predicted molar refractivity (Wildman–Crippen MR) is 111 cm³/mol. The SMILES string of the molecule is COc1ccc(CCC(=O)N2CCCN(Cc3ccccc3)CC2)cc1OC. The summed E-state index contributed by atoms with van der Waals surface area (Å²) in [6.07, 6.45) is 2.26. The third-order valence-electron chi connectivity index (χ3n) is 5.27. The van der Waals surface area contributed by atoms with Gasteiger partial charge in [-0.2, -0.15) is 0 Å². The van der Waals surface area contributed by atoms with E-state index in [0.29, 0.717) is 24.3 Å². The summed E-state index contributed by atoms with van der Waals surface area (Å²) >= 11 is 0. The number of ether oxygens (including phenoxy) is 2. The third kappa shape index (κ3) is 5.49. The van der Waals surface area contributed by atoms with Crippen LogP contribution in [0.25, 0.3) is 0 Å². The van der Waals surface area contributed by atoms with Gasteiger partial charge >= 0.3 is 0 Å². The van der Waals surface area contributed by atoms with Crippen molar-refractivity contribution in [2.45, 2.75) is 25.8 Å². The van der Waals surface area contributed by atoms with Crippen LogP contribution in [0, 0.1) is 0 Å². The van der Waals surface area contributed by atoms with E-state index < -0.39 is 0 Å². The highest BCUT2D eigenvalue weighted by Gasteiger charge is 2.19. The fourth-order valence-electron chi connectivity index (χ4n) is 3.67. The molecular weight excluding hydrogens is 352 g/mol. The molecule has 1 aliphatic rings. The average Bonchev–Trinajstić information content (AvgIpc) is 2.98. The minimum absolute atomic E-state index is 0.233. The molecule has 1 aliphatic heterocycles. The Morgan fingerprint density at radius 2 is 1.68 bits per heavy atom. The standard InChI is InChI=1S/C23H30N2O3/c1-27-21-11-9-19(17-22(21)28-2)10-12-23(26)25-14-6-13-24(15-16-25)18-20-7-4-3-5-8-20/h3-5,7-9,11,17H,6,10,12-16,18H2,1-2H3. The van der Waals surface area contributed by atoms with Gasteiger partial charge in [0, 0.05) is 39.1 Å². The summed E-state index contributed by atoms with van der Waals surface area (Å²) in [4.78, 5) is 17.2. The van der Waals surface area contributed by atoms with E-state index in [4.69, 9.17) is 9.47 Å². The molecule has 2 aromatic rings. The van der Waals surface area contributed by atoms with Crippen molar-refractivity contribution in [2.24, 2.45) is 0 Å². The number of benzene rings is 2. The molecule has 2 aromatic carbocycles. The maximum absolute atomic E-state index is 12.7. The second-order valence-electron chi connectivity index (χ2n) is 7.19. The van der Waals surface area contributed by atoms with Gasteiger partial charge in [-0.25, -0.2) is 0 Å². The number of methoxy groups -OCH3 is 2. The van der Waals surface area contributed by atoms with Crippen molar-refractivity contribution in [3.8, 4) is 11.5 Å². The fourth-order valence-corrected chi connectivity index (χ4v) is 3.67. The van der Waals surface area contributed by atoms with E-state index in [1.54, 1.807) is 14.2 Å². The first-order valence-corrected chi connectivity index (χ1v) is 9.94. The summed E-state index contributed by atoms with van der Waals surface area (Å²) in [5, 5.41) is 0. The van der Waals surface area contributed by atoms with E-state index >= 15 is 0 Å². The van der Waals surface area contributed by atoms with E-state index in [2.05, 4.69) is 29.2 Å². The van der Waals surface area contributed by atoms with Crippen LogP contribution in [0.15, 0.2) is 48.5 Å². The molecule has 5 nitrogen and oxygen atoms in total. The molecule has 0 saturated carbocycles. The Morgan fingerprint density at radius 1 is 0.893 bits per heavy atom. The molecule has 0 atom stereocenters. The molecule has 1 heterocycles. The highest BCUT2D eigenvalue weighted by atomic mass is 16.5. The van der Waals surface area contributed by atoms with Gasteiger partial charge < -0.3 is 14.4 Å². The number of carbonyl (C=O) groups excluding carboxylic acids is 1. The van der Waals surface area contributed by atoms with E-state index in [0.717, 1.165) is 44.7 Å². The first-order valence-electron chi connectivity index (χ1n) is 9.94. The molecule has 0 aliphatic carbocycles. The van der Waals surface area contributed by atoms with Gasteiger partial charge in [-0.15, -0.1) is 0 Å². The number of nitrogens with zero attached hydrogens (tertiary/aromatic N) is 2. The Kier molecular flexibility index (Phi) is 7.31. The quantitative estimate of drug-likeness (QED) is 0.736. The summed E-state index contributed by atoms with van der Waals surface area (Å²) in [6.45, 7) is 4.56. The Hall–Kier alpha value is -2.53. The number of amides is 1. The monoisotopic (exact) mass is 382 g/mol. The second-order valence-corrected chi connectivity index (χ2v) is 7.19. The van der Waals surface area contributed by atoms with Gasteiger partial charge in [-0.1, -0.05) is 36.4 Å². The van der Waals surface area contributed by atoms with Crippen molar-refractivity contribution in [3.05, 3.63) is 59.7 Å². The molecule has 0 bridgehead atoms. The lowest BCUT2D eigenvalue weighted by Gasteiger charge is -2.22. The van der Waals surface area contributed by atoms with Crippen LogP contribution in [0.1, 0.15) is 24.0 Å². The maximum Gasteiger partial charge on any atom is 0.222 e. The Balaban J connectivity index is 1.49. The molecule has 1 saturated heterocycles. The molecule has 0 spiro atoms. The molecule has 1 amide bonds. The van der Waals surface area contributed by atoms with Crippen molar-refractivity contribution >= 4 is 5.91 Å². The van der Waals surface area contributed by atoms with Crippen LogP contribution >= 0.6 is 0 Å². The van der Waals surface area contributed by atoms with Crippen LogP contribution in [0.4, 0.5) is 0 Å². The van der Waals surface area contributed by atoms with Gasteiger partial charge in [-0.05, 0) is 36.1 Å². The third-order valence-corrected chi connectivity index (χ3v) is 5.27. The molecule has 5 heteroatoms. The summed E-state index contributed by atoms with van der Waals surface area (Å²) in [6, 6.07) is 16.4. The topological polar surface area (TPSA) is 42.0 Å². The zero-order valence-corrected chi connectivity index (χ0v) is 16.9. The first kappa shape index (κ1) is 20.2. The van der Waals surface area contributed by atoms with Crippen molar-refractivity contribution in [1.29, 1.82) is 0 Å². The minimum Gasteiger partial charge on any atom is -0.493 e. The molecule has 0 aromatic heterocycles. The summed E-state index contributed by atoms with van der Waals surface area (Å²) < 4.78 is 10.6. The number of hydrogen-bond donors (Lipinski definition) is 0. The number of rotatable bonds is 7. The van der Waals surface area contributed by atoms with Crippen LogP contribution in [-0.2, 0) is 17.8 Å². The lowest BCUT2D eigenvalue weighted by molar-refractivity contribution is -0.131. The lowest BCUT2D eigenvalue weighted by Crippen LogP contribution is -2.35. The van der Waals surface area contributed by atoms with Crippen LogP contribution < -0.4 is 9.47 Å². The van der Waals surface area contributed by atoms with Crippen molar-refractivity contribution in [3.63, 3.8) is 0 Å². The molecule has 0 unspecified atom stereocenters. The van der Waals surface area contributed by atoms with Crippen molar-refractivity contribution < 1.29 is 14.3 Å². The van der Waals surface area contributed by atoms with Crippen LogP contribution in [0.3, 0.4) is 0 Å². The predicted octanol–water partition coefficient (Wildman–Crippen LogP) is 3.37. The van der Waals surface area contributed by atoms with Gasteiger partial charge in [0.1, 0.15) is 0 Å². The van der Waals surface area contributed by atoms with E-state index in [-0.39, 0.29) is 5.91 Å². The van der Waals surface area contributed by atoms with Gasteiger partial charge in [-0.3, -0.25) is 9.69 Å². The Labute approximate surface area is 167 Å². The highest BCUT2D eigenvalue weighted by molar-refractivity contribution is 5.76. The second kappa shape index (κ2) is 10.1. The van der Waals surface area contributed by atoms with Crippen LogP contribution in [0.2, 0.25) is 0 Å². The molecule has 1 fully saturated rings. The first-order chi connectivity index (χ1) is 13.7. The molecule has 0 radical (unpaired) electrons. The molecule has 0 N–H and O–H groups in total. The summed E-state index contributed by atoms with van der Waals surface area (Å²) in [7, 11) is 3.26.